The zero-order valence-corrected chi connectivity index (χ0v) is 30.1. The topological polar surface area (TPSA) is 16.2 Å². The largest absolute Gasteiger partial charge is 0.306 e. The highest BCUT2D eigenvalue weighted by Crippen LogP contribution is 2.27. The van der Waals surface area contributed by atoms with Gasteiger partial charge in [-0.2, -0.15) is 0 Å². The Labute approximate surface area is 269 Å². The average Bonchev–Trinajstić information content (AvgIpc) is 3.04. The van der Waals surface area contributed by atoms with E-state index >= 15 is 0 Å². The fourth-order valence-corrected chi connectivity index (χ4v) is 6.76. The lowest BCUT2D eigenvalue weighted by molar-refractivity contribution is 0.160. The second-order valence-electron chi connectivity index (χ2n) is 14.1. The Hall–Kier alpha value is -0.980. The van der Waals surface area contributed by atoms with E-state index in [1.807, 2.05) is 0 Å². The van der Waals surface area contributed by atoms with Gasteiger partial charge in [0.25, 0.3) is 0 Å². The molecule has 1 aromatic rings. The van der Waals surface area contributed by atoms with E-state index in [0.29, 0.717) is 0 Å². The van der Waals surface area contributed by atoms with Crippen LogP contribution >= 0.6 is 0 Å². The van der Waals surface area contributed by atoms with E-state index in [2.05, 4.69) is 105 Å². The Morgan fingerprint density at radius 2 is 0.977 bits per heavy atom. The van der Waals surface area contributed by atoms with E-state index in [1.165, 1.54) is 135 Å². The molecule has 0 amide bonds. The van der Waals surface area contributed by atoms with Crippen molar-refractivity contribution in [2.75, 3.05) is 100 Å². The molecule has 0 saturated carbocycles. The maximum Gasteiger partial charge on any atom is 0.0110 e. The summed E-state index contributed by atoms with van der Waals surface area (Å²) in [6, 6.07) is 9.23. The number of likely N-dealkylation sites (tertiary alicyclic amines) is 3. The Balaban J connectivity index is 0.000000206. The highest BCUT2D eigenvalue weighted by Gasteiger charge is 2.18. The van der Waals surface area contributed by atoms with Crippen molar-refractivity contribution in [1.29, 1.82) is 0 Å². The molecule has 0 aliphatic carbocycles. The van der Waals surface area contributed by atoms with Gasteiger partial charge in [0.15, 0.2) is 0 Å². The maximum atomic E-state index is 2.49. The van der Waals surface area contributed by atoms with Crippen molar-refractivity contribution in [3.05, 3.63) is 35.4 Å². The van der Waals surface area contributed by atoms with Crippen LogP contribution < -0.4 is 0 Å². The van der Waals surface area contributed by atoms with Crippen molar-refractivity contribution in [2.45, 2.75) is 97.8 Å². The van der Waals surface area contributed by atoms with Crippen LogP contribution in [0.3, 0.4) is 0 Å². The van der Waals surface area contributed by atoms with Crippen LogP contribution in [0.4, 0.5) is 0 Å². The number of aryl methyl sites for hydroxylation is 1. The van der Waals surface area contributed by atoms with Crippen LogP contribution in [-0.4, -0.2) is 125 Å². The van der Waals surface area contributed by atoms with Gasteiger partial charge in [-0.1, -0.05) is 71.2 Å². The van der Waals surface area contributed by atoms with Gasteiger partial charge < -0.3 is 24.5 Å². The van der Waals surface area contributed by atoms with Crippen molar-refractivity contribution < 1.29 is 0 Å². The fourth-order valence-electron chi connectivity index (χ4n) is 6.76. The van der Waals surface area contributed by atoms with Gasteiger partial charge in [-0.3, -0.25) is 0 Å². The summed E-state index contributed by atoms with van der Waals surface area (Å²) in [5, 5.41) is 0. The fraction of sp³-hybridized carbons (Fsp3) is 0.842. The van der Waals surface area contributed by atoms with Gasteiger partial charge in [-0.15, -0.1) is 0 Å². The van der Waals surface area contributed by atoms with E-state index in [1.54, 1.807) is 5.56 Å². The van der Waals surface area contributed by atoms with Crippen molar-refractivity contribution in [2.24, 2.45) is 11.8 Å². The molecule has 0 unspecified atom stereocenters. The van der Waals surface area contributed by atoms with Crippen LogP contribution in [0.5, 0.6) is 0 Å². The number of hydrogen-bond acceptors (Lipinski definition) is 5. The molecule has 1 aromatic carbocycles. The Kier molecular flexibility index (Phi) is 20.0. The van der Waals surface area contributed by atoms with Gasteiger partial charge in [-0.25, -0.2) is 0 Å². The summed E-state index contributed by atoms with van der Waals surface area (Å²) in [4.78, 5) is 12.2. The van der Waals surface area contributed by atoms with Gasteiger partial charge in [0.05, 0.1) is 0 Å². The Morgan fingerprint density at radius 1 is 0.535 bits per heavy atom. The van der Waals surface area contributed by atoms with Crippen molar-refractivity contribution in [1.82, 2.24) is 24.5 Å². The summed E-state index contributed by atoms with van der Waals surface area (Å²) in [7, 11) is 8.84. The van der Waals surface area contributed by atoms with Crippen molar-refractivity contribution in [3.63, 3.8) is 0 Å². The molecule has 0 N–H and O–H groups in total. The third-order valence-electron chi connectivity index (χ3n) is 10.6. The number of nitrogens with zero attached hydrogens (tertiary/aromatic N) is 5. The smallest absolute Gasteiger partial charge is 0.0110 e. The predicted octanol–water partition coefficient (Wildman–Crippen LogP) is 7.18. The maximum absolute atomic E-state index is 2.49. The van der Waals surface area contributed by atoms with E-state index in [0.717, 1.165) is 24.2 Å². The standard InChI is InChI=1S/C14H21N.C9H19N.C8H17N.C7H16N2/c1-3-12-4-6-13(7-5-12)14-8-10-15(2)11-9-14;1-3-4-9-5-7-10(2)8-6-9;1-3-8-4-6-9(2)7-5-8;1-3-9-6-4-8(2)5-7-9/h4-7,14H,3,8-11H2,1-2H3;9H,3-8H2,1-2H3;8H,3-7H2,1-2H3;3-7H2,1-2H3. The summed E-state index contributed by atoms with van der Waals surface area (Å²) in [5.41, 5.74) is 2.99. The molecule has 5 nitrogen and oxygen atoms in total. The zero-order valence-electron chi connectivity index (χ0n) is 30.1. The van der Waals surface area contributed by atoms with Gasteiger partial charge in [0.2, 0.25) is 0 Å². The summed E-state index contributed by atoms with van der Waals surface area (Å²) >= 11 is 0. The van der Waals surface area contributed by atoms with Crippen LogP contribution in [0.15, 0.2) is 24.3 Å². The SMILES string of the molecule is CCC1CCN(C)CC1.CCCC1CCN(C)CC1.CCN1CCN(C)CC1.CCc1ccc(C2CCN(C)CC2)cc1. The minimum absolute atomic E-state index is 0.798. The van der Waals surface area contributed by atoms with E-state index in [9.17, 15) is 0 Å². The molecular weight excluding hydrogens is 526 g/mol. The summed E-state index contributed by atoms with van der Waals surface area (Å²) in [6.45, 7) is 23.0. The summed E-state index contributed by atoms with van der Waals surface area (Å²) in [5.74, 6) is 2.87. The quantitative estimate of drug-likeness (QED) is 0.343. The molecule has 0 spiro atoms. The highest BCUT2D eigenvalue weighted by atomic mass is 15.2. The monoisotopic (exact) mass is 600 g/mol. The minimum atomic E-state index is 0.798. The van der Waals surface area contributed by atoms with Crippen LogP contribution in [0.1, 0.15) is 103 Å². The lowest BCUT2D eigenvalue weighted by Crippen LogP contribution is -2.44. The Morgan fingerprint density at radius 3 is 1.40 bits per heavy atom. The van der Waals surface area contributed by atoms with Crippen LogP contribution in [-0.2, 0) is 6.42 Å². The first-order chi connectivity index (χ1) is 20.8. The molecule has 250 valence electrons. The first-order valence-corrected chi connectivity index (χ1v) is 18.3. The number of hydrogen-bond donors (Lipinski definition) is 0. The molecule has 5 rings (SSSR count). The van der Waals surface area contributed by atoms with Crippen LogP contribution in [0.25, 0.3) is 0 Å². The molecule has 4 aliphatic rings. The van der Waals surface area contributed by atoms with Gasteiger partial charge in [0, 0.05) is 26.2 Å². The van der Waals surface area contributed by atoms with E-state index in [-0.39, 0.29) is 0 Å². The molecule has 0 bridgehead atoms. The second kappa shape index (κ2) is 22.5. The molecule has 43 heavy (non-hydrogen) atoms. The first-order valence-electron chi connectivity index (χ1n) is 18.3. The van der Waals surface area contributed by atoms with E-state index in [4.69, 9.17) is 0 Å². The minimum Gasteiger partial charge on any atom is -0.306 e. The molecule has 4 heterocycles. The van der Waals surface area contributed by atoms with Crippen molar-refractivity contribution >= 4 is 0 Å². The van der Waals surface area contributed by atoms with Crippen molar-refractivity contribution in [3.8, 4) is 0 Å². The third kappa shape index (κ3) is 16.2. The number of piperidine rings is 3. The molecule has 5 heteroatoms. The first kappa shape index (κ1) is 38.2. The number of piperazine rings is 1. The van der Waals surface area contributed by atoms with Gasteiger partial charge in [0.1, 0.15) is 0 Å². The predicted molar refractivity (Wildman–Crippen MR) is 191 cm³/mol. The summed E-state index contributed by atoms with van der Waals surface area (Å²) < 4.78 is 0. The summed E-state index contributed by atoms with van der Waals surface area (Å²) in [6.07, 6.45) is 13.7. The van der Waals surface area contributed by atoms with Gasteiger partial charge in [-0.05, 0) is 148 Å². The number of benzene rings is 1. The average molecular weight is 600 g/mol. The van der Waals surface area contributed by atoms with Crippen LogP contribution in [0, 0.1) is 11.8 Å². The molecule has 4 aliphatic heterocycles. The molecule has 4 saturated heterocycles. The number of likely N-dealkylation sites (N-methyl/N-ethyl adjacent to an activating group) is 2. The molecular formula is C38H73N5. The highest BCUT2D eigenvalue weighted by molar-refractivity contribution is 5.25. The molecule has 4 fully saturated rings. The molecule has 0 atom stereocenters. The number of rotatable bonds is 6. The lowest BCUT2D eigenvalue weighted by atomic mass is 9.89. The zero-order chi connectivity index (χ0) is 31.5. The molecule has 0 aromatic heterocycles. The lowest BCUT2D eigenvalue weighted by Gasteiger charge is -2.31. The van der Waals surface area contributed by atoms with Crippen LogP contribution in [0.2, 0.25) is 0 Å². The normalized spacial score (nSPS) is 22.5. The second-order valence-corrected chi connectivity index (χ2v) is 14.1. The molecule has 0 radical (unpaired) electrons. The third-order valence-corrected chi connectivity index (χ3v) is 10.6. The van der Waals surface area contributed by atoms with Gasteiger partial charge >= 0.3 is 0 Å². The van der Waals surface area contributed by atoms with E-state index < -0.39 is 0 Å². The Bertz CT molecular complexity index is 744.